The number of aryl methyl sites for hydroxylation is 2. The lowest BCUT2D eigenvalue weighted by Gasteiger charge is -1.99. The van der Waals surface area contributed by atoms with Crippen molar-refractivity contribution in [3.63, 3.8) is 0 Å². The van der Waals surface area contributed by atoms with Gasteiger partial charge in [0, 0.05) is 12.3 Å². The van der Waals surface area contributed by atoms with Gasteiger partial charge in [0.2, 0.25) is 5.91 Å². The van der Waals surface area contributed by atoms with E-state index >= 15 is 0 Å². The summed E-state index contributed by atoms with van der Waals surface area (Å²) in [7, 11) is 0. The minimum atomic E-state index is -0.104. The van der Waals surface area contributed by atoms with Gasteiger partial charge in [0.05, 0.1) is 17.3 Å². The Kier molecular flexibility index (Phi) is 4.26. The van der Waals surface area contributed by atoms with Gasteiger partial charge in [-0.15, -0.1) is 11.3 Å². The summed E-state index contributed by atoms with van der Waals surface area (Å²) in [5.41, 5.74) is 2.82. The first kappa shape index (κ1) is 13.2. The van der Waals surface area contributed by atoms with Crippen LogP contribution in [0.2, 0.25) is 0 Å². The van der Waals surface area contributed by atoms with Crippen molar-refractivity contribution in [1.82, 2.24) is 4.98 Å². The molecule has 1 aromatic heterocycles. The number of rotatable bonds is 4. The molecule has 4 nitrogen and oxygen atoms in total. The summed E-state index contributed by atoms with van der Waals surface area (Å²) in [4.78, 5) is 15.2. The Bertz CT molecular complexity index is 610. The van der Waals surface area contributed by atoms with E-state index in [1.54, 1.807) is 0 Å². The van der Waals surface area contributed by atoms with Crippen LogP contribution in [0.25, 0.3) is 0 Å². The number of anilines is 1. The van der Waals surface area contributed by atoms with E-state index in [4.69, 9.17) is 5.26 Å². The first-order valence-electron chi connectivity index (χ1n) is 5.88. The summed E-state index contributed by atoms with van der Waals surface area (Å²) in [6.45, 7) is 1.47. The topological polar surface area (TPSA) is 65.8 Å². The van der Waals surface area contributed by atoms with E-state index < -0.39 is 0 Å². The van der Waals surface area contributed by atoms with Gasteiger partial charge in [-0.3, -0.25) is 4.79 Å². The first-order chi connectivity index (χ1) is 9.17. The highest BCUT2D eigenvalue weighted by molar-refractivity contribution is 7.13. The van der Waals surface area contributed by atoms with Gasteiger partial charge < -0.3 is 5.32 Å². The molecule has 5 heteroatoms. The Hall–Kier alpha value is -2.19. The molecular weight excluding hydrogens is 258 g/mol. The maximum atomic E-state index is 10.9. The van der Waals surface area contributed by atoms with Crippen LogP contribution in [0.5, 0.6) is 0 Å². The molecule has 1 amide bonds. The van der Waals surface area contributed by atoms with E-state index in [1.807, 2.05) is 29.6 Å². The molecule has 96 valence electrons. The molecule has 2 aromatic rings. The van der Waals surface area contributed by atoms with E-state index in [1.165, 1.54) is 23.8 Å². The number of hydrogen-bond donors (Lipinski definition) is 1. The molecule has 0 saturated carbocycles. The fourth-order valence-corrected chi connectivity index (χ4v) is 2.44. The number of hydrogen-bond acceptors (Lipinski definition) is 4. The van der Waals surface area contributed by atoms with E-state index in [0.717, 1.165) is 18.5 Å². The third-order valence-corrected chi connectivity index (χ3v) is 3.39. The molecule has 0 aliphatic carbocycles. The van der Waals surface area contributed by atoms with Gasteiger partial charge in [-0.25, -0.2) is 4.98 Å². The quantitative estimate of drug-likeness (QED) is 0.929. The molecule has 19 heavy (non-hydrogen) atoms. The number of thiazole rings is 1. The lowest BCUT2D eigenvalue weighted by Crippen LogP contribution is -2.05. The predicted molar refractivity (Wildman–Crippen MR) is 75.0 cm³/mol. The third-order valence-electron chi connectivity index (χ3n) is 2.59. The van der Waals surface area contributed by atoms with Gasteiger partial charge in [0.1, 0.15) is 0 Å². The minimum absolute atomic E-state index is 0.104. The molecule has 1 aromatic carbocycles. The lowest BCUT2D eigenvalue weighted by atomic mass is 10.1. The molecule has 0 radical (unpaired) electrons. The van der Waals surface area contributed by atoms with Gasteiger partial charge in [-0.05, 0) is 30.5 Å². The molecule has 0 aliphatic rings. The Labute approximate surface area is 115 Å². The van der Waals surface area contributed by atoms with Crippen molar-refractivity contribution in [2.45, 2.75) is 19.8 Å². The zero-order chi connectivity index (χ0) is 13.7. The summed E-state index contributed by atoms with van der Waals surface area (Å²) in [5, 5.41) is 14.0. The fraction of sp³-hybridized carbons (Fsp3) is 0.214. The number of aromatic nitrogens is 1. The first-order valence-corrected chi connectivity index (χ1v) is 6.76. The number of benzene rings is 1. The Morgan fingerprint density at radius 3 is 2.74 bits per heavy atom. The number of carbonyl (C=O) groups is 1. The van der Waals surface area contributed by atoms with Crippen LogP contribution in [-0.4, -0.2) is 10.9 Å². The highest BCUT2D eigenvalue weighted by Crippen LogP contribution is 2.17. The van der Waals surface area contributed by atoms with Gasteiger partial charge >= 0.3 is 0 Å². The zero-order valence-electron chi connectivity index (χ0n) is 10.5. The third kappa shape index (κ3) is 3.90. The number of carbonyl (C=O) groups excluding carboxylic acids is 1. The minimum Gasteiger partial charge on any atom is -0.302 e. The van der Waals surface area contributed by atoms with Gasteiger partial charge in [0.25, 0.3) is 0 Å². The van der Waals surface area contributed by atoms with Crippen LogP contribution in [0, 0.1) is 11.3 Å². The molecule has 1 N–H and O–H groups in total. The molecule has 0 aliphatic heterocycles. The number of nitrogens with one attached hydrogen (secondary N) is 1. The largest absolute Gasteiger partial charge is 0.302 e. The van der Waals surface area contributed by atoms with Crippen LogP contribution in [0.1, 0.15) is 23.7 Å². The van der Waals surface area contributed by atoms with Crippen molar-refractivity contribution in [2.24, 2.45) is 0 Å². The summed E-state index contributed by atoms with van der Waals surface area (Å²) in [5.74, 6) is -0.104. The van der Waals surface area contributed by atoms with E-state index in [-0.39, 0.29) is 5.91 Å². The van der Waals surface area contributed by atoms with E-state index in [0.29, 0.717) is 10.7 Å². The van der Waals surface area contributed by atoms with Crippen molar-refractivity contribution in [1.29, 1.82) is 5.26 Å². The average molecular weight is 271 g/mol. The second kappa shape index (κ2) is 6.12. The Balaban J connectivity index is 1.92. The van der Waals surface area contributed by atoms with Crippen molar-refractivity contribution in [3.8, 4) is 6.07 Å². The molecule has 0 bridgehead atoms. The van der Waals surface area contributed by atoms with Crippen molar-refractivity contribution < 1.29 is 4.79 Å². The molecule has 0 saturated heterocycles. The maximum absolute atomic E-state index is 10.9. The number of nitriles is 1. The summed E-state index contributed by atoms with van der Waals surface area (Å²) >= 11 is 1.43. The average Bonchev–Trinajstić information content (AvgIpc) is 2.84. The fourth-order valence-electron chi connectivity index (χ4n) is 1.65. The Morgan fingerprint density at radius 1 is 1.37 bits per heavy atom. The number of amides is 1. The normalized spacial score (nSPS) is 9.89. The van der Waals surface area contributed by atoms with Crippen LogP contribution in [0.15, 0.2) is 29.6 Å². The second-order valence-corrected chi connectivity index (χ2v) is 4.99. The van der Waals surface area contributed by atoms with Gasteiger partial charge in [0.15, 0.2) is 5.13 Å². The molecule has 2 rings (SSSR count). The van der Waals surface area contributed by atoms with Crippen LogP contribution >= 0.6 is 11.3 Å². The molecule has 0 spiro atoms. The predicted octanol–water partition coefficient (Wildman–Crippen LogP) is 2.76. The molecule has 0 unspecified atom stereocenters. The van der Waals surface area contributed by atoms with Crippen LogP contribution in [0.3, 0.4) is 0 Å². The van der Waals surface area contributed by atoms with E-state index in [2.05, 4.69) is 16.4 Å². The summed E-state index contributed by atoms with van der Waals surface area (Å²) in [6.07, 6.45) is 1.69. The lowest BCUT2D eigenvalue weighted by molar-refractivity contribution is -0.114. The summed E-state index contributed by atoms with van der Waals surface area (Å²) < 4.78 is 0. The van der Waals surface area contributed by atoms with Crippen LogP contribution in [-0.2, 0) is 17.6 Å². The summed E-state index contributed by atoms with van der Waals surface area (Å²) in [6, 6.07) is 9.65. The van der Waals surface area contributed by atoms with Gasteiger partial charge in [-0.1, -0.05) is 12.1 Å². The molecule has 0 fully saturated rings. The molecule has 1 heterocycles. The monoisotopic (exact) mass is 271 g/mol. The highest BCUT2D eigenvalue weighted by atomic mass is 32.1. The van der Waals surface area contributed by atoms with Crippen LogP contribution < -0.4 is 5.32 Å². The van der Waals surface area contributed by atoms with Crippen LogP contribution in [0.4, 0.5) is 5.13 Å². The zero-order valence-corrected chi connectivity index (χ0v) is 11.3. The maximum Gasteiger partial charge on any atom is 0.223 e. The smallest absolute Gasteiger partial charge is 0.223 e. The van der Waals surface area contributed by atoms with Gasteiger partial charge in [-0.2, -0.15) is 5.26 Å². The standard InChI is InChI=1S/C14H13N3OS/c1-10(18)16-14-17-13(9-19-14)7-6-11-2-4-12(8-15)5-3-11/h2-5,9H,6-7H2,1H3,(H,16,17,18). The highest BCUT2D eigenvalue weighted by Gasteiger charge is 2.03. The molecule has 0 atom stereocenters. The van der Waals surface area contributed by atoms with Crippen molar-refractivity contribution >= 4 is 22.4 Å². The van der Waals surface area contributed by atoms with Crippen molar-refractivity contribution in [2.75, 3.05) is 5.32 Å². The Morgan fingerprint density at radius 2 is 2.11 bits per heavy atom. The SMILES string of the molecule is CC(=O)Nc1nc(CCc2ccc(C#N)cc2)cs1. The molecular formula is C14H13N3OS. The second-order valence-electron chi connectivity index (χ2n) is 4.13. The van der Waals surface area contributed by atoms with E-state index in [9.17, 15) is 4.79 Å². The number of nitrogens with zero attached hydrogens (tertiary/aromatic N) is 2. The van der Waals surface area contributed by atoms with Crippen molar-refractivity contribution in [3.05, 3.63) is 46.5 Å².